The maximum absolute atomic E-state index is 10.7. The number of benzene rings is 8. The number of para-hydroxylation sites is 5. The van der Waals surface area contributed by atoms with Crippen LogP contribution < -0.4 is 0 Å². The molecule has 0 radical (unpaired) electrons. The summed E-state index contributed by atoms with van der Waals surface area (Å²) in [6.07, 6.45) is 0. The molecule has 5 heteroatoms. The Morgan fingerprint density at radius 3 is 1.58 bits per heavy atom. The van der Waals surface area contributed by atoms with Crippen LogP contribution in [0.3, 0.4) is 0 Å². The van der Waals surface area contributed by atoms with Gasteiger partial charge in [-0.25, -0.2) is 4.85 Å². The second-order valence-corrected chi connectivity index (χ2v) is 13.9. The molecule has 0 N–H and O–H groups in total. The van der Waals surface area contributed by atoms with Gasteiger partial charge in [0.1, 0.15) is 6.07 Å². The van der Waals surface area contributed by atoms with Crippen molar-refractivity contribution < 1.29 is 0 Å². The molecule has 0 atom stereocenters. The van der Waals surface area contributed by atoms with Crippen molar-refractivity contribution in [2.75, 3.05) is 0 Å². The quantitative estimate of drug-likeness (QED) is 0.169. The van der Waals surface area contributed by atoms with Crippen LogP contribution in [0.15, 0.2) is 176 Å². The lowest BCUT2D eigenvalue weighted by Crippen LogP contribution is -2.01. The first-order chi connectivity index (χ1) is 27.2. The Morgan fingerprint density at radius 1 is 0.436 bits per heavy atom. The first-order valence-corrected chi connectivity index (χ1v) is 18.3. The first kappa shape index (κ1) is 30.7. The summed E-state index contributed by atoms with van der Waals surface area (Å²) >= 11 is 0. The van der Waals surface area contributed by atoms with Crippen LogP contribution in [0.5, 0.6) is 0 Å². The van der Waals surface area contributed by atoms with Gasteiger partial charge in [-0.3, -0.25) is 0 Å². The van der Waals surface area contributed by atoms with E-state index < -0.39 is 0 Å². The van der Waals surface area contributed by atoms with E-state index in [0.29, 0.717) is 11.3 Å². The number of nitriles is 1. The van der Waals surface area contributed by atoms with E-state index in [1.165, 1.54) is 10.8 Å². The Labute approximate surface area is 316 Å². The van der Waals surface area contributed by atoms with E-state index >= 15 is 0 Å². The van der Waals surface area contributed by atoms with Gasteiger partial charge >= 0.3 is 0 Å². The summed E-state index contributed by atoms with van der Waals surface area (Å²) in [5.74, 6) is 0. The van der Waals surface area contributed by atoms with Crippen LogP contribution in [0.1, 0.15) is 5.56 Å². The van der Waals surface area contributed by atoms with E-state index in [2.05, 4.69) is 164 Å². The topological polar surface area (TPSA) is 42.9 Å². The van der Waals surface area contributed by atoms with Crippen molar-refractivity contribution in [2.45, 2.75) is 0 Å². The number of nitrogens with zero attached hydrogens (tertiary/aromatic N) is 5. The molecule has 5 nitrogen and oxygen atoms in total. The van der Waals surface area contributed by atoms with Crippen LogP contribution in [0.4, 0.5) is 5.69 Å². The highest BCUT2D eigenvalue weighted by atomic mass is 15.0. The Balaban J connectivity index is 1.15. The highest BCUT2D eigenvalue weighted by Gasteiger charge is 2.23. The van der Waals surface area contributed by atoms with E-state index in [9.17, 15) is 5.26 Å². The molecule has 0 aliphatic carbocycles. The number of hydrogen-bond acceptors (Lipinski definition) is 1. The lowest BCUT2D eigenvalue weighted by Gasteiger charge is -2.17. The predicted molar refractivity (Wildman–Crippen MR) is 226 cm³/mol. The Bertz CT molecular complexity index is 3400. The van der Waals surface area contributed by atoms with Crippen LogP contribution in [0.25, 0.3) is 98.5 Å². The maximum atomic E-state index is 10.7. The maximum Gasteiger partial charge on any atom is 0.197 e. The fourth-order valence-electron chi connectivity index (χ4n) is 8.88. The minimum Gasteiger partial charge on any atom is -0.311 e. The Kier molecular flexibility index (Phi) is 6.61. The van der Waals surface area contributed by atoms with Gasteiger partial charge in [0.2, 0.25) is 0 Å². The molecule has 0 bridgehead atoms. The summed E-state index contributed by atoms with van der Waals surface area (Å²) in [6.45, 7) is 7.85. The van der Waals surface area contributed by atoms with Crippen molar-refractivity contribution in [2.24, 2.45) is 0 Å². The third-order valence-corrected chi connectivity index (χ3v) is 11.1. The lowest BCUT2D eigenvalue weighted by atomic mass is 9.99. The highest BCUT2D eigenvalue weighted by molar-refractivity contribution is 6.17. The van der Waals surface area contributed by atoms with Crippen LogP contribution in [-0.2, 0) is 0 Å². The van der Waals surface area contributed by atoms with Crippen molar-refractivity contribution in [3.05, 3.63) is 193 Å². The normalized spacial score (nSPS) is 11.6. The van der Waals surface area contributed by atoms with Gasteiger partial charge in [0, 0.05) is 43.7 Å². The molecule has 11 aromatic rings. The molecule has 0 amide bonds. The van der Waals surface area contributed by atoms with Crippen molar-refractivity contribution in [1.29, 1.82) is 5.26 Å². The van der Waals surface area contributed by atoms with Gasteiger partial charge in [0.05, 0.1) is 51.1 Å². The standard InChI is InChI=1S/C50H29N5/c1-52-40-19-11-24-45-48(40)38-16-4-8-22-43(38)53(45)34-29-27-32(28-30-34)35-18-10-13-33(31-51)50(35)55-44-23-9-5-17-39(44)49-46(25-12-26-47(49)55)54-41-20-6-2-14-36(41)37-15-3-7-21-42(37)54/h2-30H. The smallest absolute Gasteiger partial charge is 0.197 e. The molecular weight excluding hydrogens is 671 g/mol. The van der Waals surface area contributed by atoms with E-state index in [-0.39, 0.29) is 0 Å². The van der Waals surface area contributed by atoms with Crippen LogP contribution in [0.2, 0.25) is 0 Å². The zero-order valence-corrected chi connectivity index (χ0v) is 29.5. The second kappa shape index (κ2) is 11.8. The predicted octanol–water partition coefficient (Wildman–Crippen LogP) is 13.1. The van der Waals surface area contributed by atoms with Crippen molar-refractivity contribution in [3.8, 4) is 34.3 Å². The van der Waals surface area contributed by atoms with Crippen LogP contribution in [-0.4, -0.2) is 13.7 Å². The van der Waals surface area contributed by atoms with Crippen molar-refractivity contribution in [1.82, 2.24) is 13.7 Å². The van der Waals surface area contributed by atoms with Crippen LogP contribution >= 0.6 is 0 Å². The average molecular weight is 700 g/mol. The summed E-state index contributed by atoms with van der Waals surface area (Å²) in [5, 5.41) is 17.4. The average Bonchev–Trinajstić information content (AvgIpc) is 3.89. The molecular formula is C50H29N5. The SMILES string of the molecule is [C-]#[N+]c1cccc2c1c1ccccc1n2-c1ccc(-c2cccc(C#N)c2-n2c3ccccc3c3c(-n4c5ccccc5c5ccccc54)cccc32)cc1. The van der Waals surface area contributed by atoms with Crippen LogP contribution in [0, 0.1) is 17.9 Å². The molecule has 55 heavy (non-hydrogen) atoms. The summed E-state index contributed by atoms with van der Waals surface area (Å²) in [5.41, 5.74) is 12.6. The third-order valence-electron chi connectivity index (χ3n) is 11.1. The highest BCUT2D eigenvalue weighted by Crippen LogP contribution is 2.43. The summed E-state index contributed by atoms with van der Waals surface area (Å²) in [6, 6.07) is 63.6. The van der Waals surface area contributed by atoms with E-state index in [4.69, 9.17) is 6.57 Å². The fourth-order valence-corrected chi connectivity index (χ4v) is 8.88. The third kappa shape index (κ3) is 4.33. The molecule has 3 aromatic heterocycles. The molecule has 0 fully saturated rings. The molecule has 254 valence electrons. The largest absolute Gasteiger partial charge is 0.311 e. The Morgan fingerprint density at radius 2 is 0.945 bits per heavy atom. The summed E-state index contributed by atoms with van der Waals surface area (Å²) in [7, 11) is 0. The number of hydrogen-bond donors (Lipinski definition) is 0. The van der Waals surface area contributed by atoms with Gasteiger partial charge in [-0.2, -0.15) is 5.26 Å². The zero-order valence-electron chi connectivity index (χ0n) is 29.5. The summed E-state index contributed by atoms with van der Waals surface area (Å²) in [4.78, 5) is 3.86. The van der Waals surface area contributed by atoms with E-state index in [1.807, 2.05) is 36.4 Å². The minimum atomic E-state index is 0.598. The molecule has 0 saturated heterocycles. The number of rotatable bonds is 4. The zero-order chi connectivity index (χ0) is 36.6. The minimum absolute atomic E-state index is 0.598. The number of fused-ring (bicyclic) bond motifs is 9. The summed E-state index contributed by atoms with van der Waals surface area (Å²) < 4.78 is 6.90. The molecule has 3 heterocycles. The van der Waals surface area contributed by atoms with E-state index in [1.54, 1.807) is 0 Å². The molecule has 11 rings (SSSR count). The second-order valence-electron chi connectivity index (χ2n) is 13.9. The number of aromatic nitrogens is 3. The molecule has 0 unspecified atom stereocenters. The van der Waals surface area contributed by atoms with Crippen molar-refractivity contribution in [3.63, 3.8) is 0 Å². The molecule has 0 spiro atoms. The fraction of sp³-hybridized carbons (Fsp3) is 0. The Hall–Kier alpha value is -7.86. The first-order valence-electron chi connectivity index (χ1n) is 18.3. The monoisotopic (exact) mass is 699 g/mol. The van der Waals surface area contributed by atoms with Gasteiger partial charge in [0.15, 0.2) is 5.69 Å². The lowest BCUT2D eigenvalue weighted by molar-refractivity contribution is 1.16. The van der Waals surface area contributed by atoms with Gasteiger partial charge in [-0.1, -0.05) is 115 Å². The molecule has 0 saturated carbocycles. The molecule has 0 aliphatic heterocycles. The van der Waals surface area contributed by atoms with Gasteiger partial charge < -0.3 is 13.7 Å². The molecule has 8 aromatic carbocycles. The van der Waals surface area contributed by atoms with E-state index in [0.717, 1.165) is 82.8 Å². The molecule has 0 aliphatic rings. The van der Waals surface area contributed by atoms with Gasteiger partial charge in [-0.15, -0.1) is 0 Å². The van der Waals surface area contributed by atoms with Gasteiger partial charge in [-0.05, 0) is 71.6 Å². The van der Waals surface area contributed by atoms with Crippen molar-refractivity contribution >= 4 is 71.1 Å². The van der Waals surface area contributed by atoms with Gasteiger partial charge in [0.25, 0.3) is 0 Å².